The van der Waals surface area contributed by atoms with Crippen molar-refractivity contribution >= 4 is 43.4 Å². The van der Waals surface area contributed by atoms with Gasteiger partial charge in [0.15, 0.2) is 0 Å². The minimum Gasteiger partial charge on any atom is -0.481 e. The zero-order valence-corrected chi connectivity index (χ0v) is 52.0. The van der Waals surface area contributed by atoms with E-state index in [2.05, 4.69) is 152 Å². The summed E-state index contributed by atoms with van der Waals surface area (Å²) in [5, 5.41) is 54.7. The average molecular weight is 1090 g/mol. The predicted octanol–water partition coefficient (Wildman–Crippen LogP) is 18.0. The van der Waals surface area contributed by atoms with Crippen molar-refractivity contribution in [2.75, 3.05) is 0 Å². The van der Waals surface area contributed by atoms with Gasteiger partial charge in [-0.25, -0.2) is 0 Å². The third kappa shape index (κ3) is 6.55. The van der Waals surface area contributed by atoms with E-state index in [-0.39, 0.29) is 67.0 Å². The van der Waals surface area contributed by atoms with Crippen LogP contribution in [0.5, 0.6) is 0 Å². The lowest BCUT2D eigenvalue weighted by atomic mass is 9.28. The van der Waals surface area contributed by atoms with Gasteiger partial charge in [0.2, 0.25) is 0 Å². The molecule has 8 fully saturated rings. The summed E-state index contributed by atoms with van der Waals surface area (Å²) < 4.78 is 2.49. The standard InChI is InChI=1S/C72H100O6S/c1-59(2)29-34-69(57(73)74)36-32-65(11)46(48(69)40-59)20-23-54-63(9)31-38-71(77,61(5,6)52(63)25-27-67(54,65)13)56-42-64(10)53(62(7,8)72(56,78)43-19-22-51-45(39-43)44-17-15-16-18-50(44)79-51)26-28-68(14)55(64)24-21-47-49-41-60(3,4)30-35-70(49,58(75)76)37-33-66(47,68)12/h15-19,22,39-41,46-47,52-56,77-78H,20-21,23-38,42H2,1-14H3,(H,73,74)(H,75,76)/t46-,47-,52?,53?,54-,55-,56?,63+,64+,65-,66-,67-,68-,69+,70+,71-,72+/m1/s1. The van der Waals surface area contributed by atoms with Crippen molar-refractivity contribution < 1.29 is 30.0 Å². The number of hydrogen-bond donors (Lipinski definition) is 4. The zero-order valence-electron chi connectivity index (χ0n) is 51.2. The van der Waals surface area contributed by atoms with E-state index in [4.69, 9.17) is 0 Å². The lowest BCUT2D eigenvalue weighted by Gasteiger charge is -2.77. The van der Waals surface area contributed by atoms with E-state index in [9.17, 15) is 24.9 Å². The molecule has 17 atom stereocenters. The zero-order chi connectivity index (χ0) is 56.7. The molecule has 1 heterocycles. The molecule has 10 aliphatic carbocycles. The highest BCUT2D eigenvalue weighted by Gasteiger charge is 2.78. The SMILES string of the molecule is CC1(C)C=C2[C@H]3CC[C@@H]4[C@@]5(C)CC[C@@](O)(C6C[C@@]7(C)C(CC[C@]8(C)[C@@H]7CC[C@@H]7C9=CC(C)(C)CC[C@]9(C(=O)O)CC[C@]78C)C(C)(C)[C@]6(O)c6ccc7sc8ccccc8c7c6)C(C)(C)C5CC[C@@]4(C)[C@]3(C)CC[C@@]2(C(=O)O)CC1. The predicted molar refractivity (Wildman–Crippen MR) is 320 cm³/mol. The molecule has 6 nitrogen and oxygen atoms in total. The number of allylic oxidation sites excluding steroid dienone is 2. The van der Waals surface area contributed by atoms with Crippen molar-refractivity contribution in [1.82, 2.24) is 0 Å². The van der Waals surface area contributed by atoms with Gasteiger partial charge >= 0.3 is 11.9 Å². The Morgan fingerprint density at radius 3 is 1.47 bits per heavy atom. The molecule has 0 saturated heterocycles. The van der Waals surface area contributed by atoms with Crippen molar-refractivity contribution in [2.24, 2.45) is 106 Å². The fourth-order valence-electron chi connectivity index (χ4n) is 25.2. The molecule has 0 radical (unpaired) electrons. The number of carboxylic acid groups (broad SMARTS) is 2. The highest BCUT2D eigenvalue weighted by molar-refractivity contribution is 7.25. The lowest BCUT2D eigenvalue weighted by molar-refractivity contribution is -0.333. The fraction of sp³-hybridized carbons (Fsp3) is 0.750. The van der Waals surface area contributed by atoms with E-state index < -0.39 is 50.7 Å². The first-order valence-corrected chi connectivity index (χ1v) is 32.7. The molecule has 7 heteroatoms. The summed E-state index contributed by atoms with van der Waals surface area (Å²) in [4.78, 5) is 27.1. The Kier molecular flexibility index (Phi) is 11.5. The molecule has 79 heavy (non-hydrogen) atoms. The quantitative estimate of drug-likeness (QED) is 0.194. The van der Waals surface area contributed by atoms with Gasteiger partial charge < -0.3 is 20.4 Å². The average Bonchev–Trinajstić information content (AvgIpc) is 3.82. The molecule has 3 aromatic rings. The van der Waals surface area contributed by atoms with Crippen LogP contribution in [0.4, 0.5) is 0 Å². The van der Waals surface area contributed by atoms with Crippen LogP contribution in [0.1, 0.15) is 224 Å². The van der Waals surface area contributed by atoms with E-state index in [1.165, 1.54) is 31.3 Å². The van der Waals surface area contributed by atoms with Crippen LogP contribution in [0.3, 0.4) is 0 Å². The Morgan fingerprint density at radius 2 is 0.937 bits per heavy atom. The second kappa shape index (κ2) is 16.5. The van der Waals surface area contributed by atoms with Crippen LogP contribution in [0.25, 0.3) is 20.2 Å². The van der Waals surface area contributed by atoms with Crippen molar-refractivity contribution in [2.45, 2.75) is 230 Å². The van der Waals surface area contributed by atoms with Gasteiger partial charge in [0, 0.05) is 31.5 Å². The maximum Gasteiger partial charge on any atom is 0.313 e. The van der Waals surface area contributed by atoms with Crippen molar-refractivity contribution in [1.29, 1.82) is 0 Å². The van der Waals surface area contributed by atoms with Gasteiger partial charge in [0.05, 0.1) is 16.4 Å². The van der Waals surface area contributed by atoms with Gasteiger partial charge in [-0.3, -0.25) is 9.59 Å². The van der Waals surface area contributed by atoms with Crippen LogP contribution in [-0.4, -0.2) is 38.0 Å². The number of thiophene rings is 1. The monoisotopic (exact) mass is 1090 g/mol. The molecule has 0 aliphatic heterocycles. The third-order valence-corrected chi connectivity index (χ3v) is 31.1. The number of fused-ring (bicyclic) bond motifs is 17. The number of hydrogen-bond acceptors (Lipinski definition) is 5. The number of carbonyl (C=O) groups is 2. The van der Waals surface area contributed by atoms with Gasteiger partial charge in [0.1, 0.15) is 5.60 Å². The van der Waals surface area contributed by atoms with E-state index in [1.54, 1.807) is 0 Å². The number of aliphatic hydroxyl groups is 2. The molecule has 10 aliphatic rings. The molecule has 430 valence electrons. The van der Waals surface area contributed by atoms with Crippen LogP contribution >= 0.6 is 11.3 Å². The Labute approximate surface area is 478 Å². The first kappa shape index (κ1) is 55.2. The van der Waals surface area contributed by atoms with Crippen LogP contribution in [0.2, 0.25) is 0 Å². The number of rotatable bonds is 4. The summed E-state index contributed by atoms with van der Waals surface area (Å²) in [6.45, 7) is 34.6. The molecule has 0 bridgehead atoms. The first-order valence-electron chi connectivity index (χ1n) is 31.9. The maximum absolute atomic E-state index is 15.0. The topological polar surface area (TPSA) is 115 Å². The van der Waals surface area contributed by atoms with Gasteiger partial charge in [-0.05, 0) is 230 Å². The summed E-state index contributed by atoms with van der Waals surface area (Å²) >= 11 is 1.83. The number of aliphatic carboxylic acids is 2. The van der Waals surface area contributed by atoms with E-state index in [0.29, 0.717) is 24.7 Å². The number of carboxylic acids is 2. The van der Waals surface area contributed by atoms with Crippen molar-refractivity contribution in [3.05, 3.63) is 71.3 Å². The van der Waals surface area contributed by atoms with E-state index in [0.717, 1.165) is 115 Å². The highest BCUT2D eigenvalue weighted by atomic mass is 32.1. The van der Waals surface area contributed by atoms with Gasteiger partial charge in [-0.2, -0.15) is 0 Å². The van der Waals surface area contributed by atoms with Gasteiger partial charge in [0.25, 0.3) is 0 Å². The minimum atomic E-state index is -1.36. The molecular weight excluding hydrogens is 993 g/mol. The first-order chi connectivity index (χ1) is 36.6. The summed E-state index contributed by atoms with van der Waals surface area (Å²) in [6, 6.07) is 15.6. The van der Waals surface area contributed by atoms with Gasteiger partial charge in [-0.1, -0.05) is 144 Å². The smallest absolute Gasteiger partial charge is 0.313 e. The van der Waals surface area contributed by atoms with E-state index in [1.807, 2.05) is 11.3 Å². The van der Waals surface area contributed by atoms with Gasteiger partial charge in [-0.15, -0.1) is 11.3 Å². The summed E-state index contributed by atoms with van der Waals surface area (Å²) in [5.74, 6) is 0.00381. The molecule has 8 saturated carbocycles. The Bertz CT molecular complexity index is 3150. The van der Waals surface area contributed by atoms with Crippen molar-refractivity contribution in [3.8, 4) is 0 Å². The van der Waals surface area contributed by atoms with E-state index >= 15 is 5.11 Å². The highest BCUT2D eigenvalue weighted by Crippen LogP contribution is 2.82. The summed E-state index contributed by atoms with van der Waals surface area (Å²) in [6.07, 6.45) is 22.1. The molecule has 13 rings (SSSR count). The fourth-order valence-corrected chi connectivity index (χ4v) is 26.3. The lowest BCUT2D eigenvalue weighted by Crippen LogP contribution is -2.75. The Balaban J connectivity index is 0.920. The summed E-state index contributed by atoms with van der Waals surface area (Å²) in [5.41, 5.74) is -2.24. The molecule has 1 aromatic heterocycles. The normalized spacial score (nSPS) is 48.9. The second-order valence-electron chi connectivity index (χ2n) is 33.9. The molecule has 4 N–H and O–H groups in total. The Morgan fingerprint density at radius 1 is 0.456 bits per heavy atom. The summed E-state index contributed by atoms with van der Waals surface area (Å²) in [7, 11) is 0. The maximum atomic E-state index is 15.0. The van der Waals surface area contributed by atoms with Crippen LogP contribution in [-0.2, 0) is 15.2 Å². The third-order valence-electron chi connectivity index (χ3n) is 30.0. The molecular formula is C72H100O6S. The van der Waals surface area contributed by atoms with Crippen molar-refractivity contribution in [3.63, 3.8) is 0 Å². The minimum absolute atomic E-state index is 0.00947. The molecule has 2 aromatic carbocycles. The largest absolute Gasteiger partial charge is 0.481 e. The second-order valence-corrected chi connectivity index (χ2v) is 35.0. The molecule has 3 unspecified atom stereocenters. The Hall–Kier alpha value is -3.00. The molecule has 0 spiro atoms. The number of benzene rings is 2. The van der Waals surface area contributed by atoms with Crippen LogP contribution in [0, 0.1) is 106 Å². The van der Waals surface area contributed by atoms with Crippen LogP contribution in [0.15, 0.2) is 65.8 Å². The molecule has 0 amide bonds. The van der Waals surface area contributed by atoms with Crippen LogP contribution < -0.4 is 0 Å².